The zero-order valence-corrected chi connectivity index (χ0v) is 36.2. The molecule has 15 atom stereocenters. The summed E-state index contributed by atoms with van der Waals surface area (Å²) in [6.45, 7) is 17.4. The van der Waals surface area contributed by atoms with Crippen LogP contribution in [-0.4, -0.2) is 144 Å². The number of methoxy groups -OCH3 is 1. The smallest absolute Gasteiger partial charge is 0.288 e. The van der Waals surface area contributed by atoms with Crippen molar-refractivity contribution >= 4 is 17.8 Å². The van der Waals surface area contributed by atoms with Gasteiger partial charge in [-0.15, -0.1) is 0 Å². The van der Waals surface area contributed by atoms with E-state index in [-0.39, 0.29) is 55.2 Å². The van der Waals surface area contributed by atoms with Crippen molar-refractivity contribution in [2.45, 2.75) is 173 Å². The number of fused-ring (bicyclic) bond motifs is 1. The van der Waals surface area contributed by atoms with Crippen LogP contribution >= 0.6 is 0 Å². The van der Waals surface area contributed by atoms with Crippen LogP contribution in [0, 0.1) is 17.8 Å². The van der Waals surface area contributed by atoms with Crippen LogP contribution in [0.2, 0.25) is 0 Å². The Kier molecular flexibility index (Phi) is 14.8. The highest BCUT2D eigenvalue weighted by atomic mass is 16.7. The average molecular weight is 803 g/mol. The van der Waals surface area contributed by atoms with Crippen molar-refractivity contribution < 1.29 is 48.2 Å². The van der Waals surface area contributed by atoms with Crippen LogP contribution < -0.4 is 5.32 Å². The van der Waals surface area contributed by atoms with Gasteiger partial charge < -0.3 is 53.8 Å². The molecule has 2 amide bonds. The predicted molar refractivity (Wildman–Crippen MR) is 215 cm³/mol. The lowest BCUT2D eigenvalue weighted by atomic mass is 9.77. The number of hydrogen-bond acceptors (Lipinski definition) is 11. The Morgan fingerprint density at radius 2 is 1.70 bits per heavy atom. The summed E-state index contributed by atoms with van der Waals surface area (Å²) in [5.74, 6) is -2.02. The Morgan fingerprint density at radius 3 is 2.35 bits per heavy atom. The number of nitrogens with one attached hydrogen (secondary N) is 1. The Balaban J connectivity index is 1.56. The molecular weight excluding hydrogens is 732 g/mol. The van der Waals surface area contributed by atoms with Crippen molar-refractivity contribution in [2.75, 3.05) is 27.7 Å². The van der Waals surface area contributed by atoms with Crippen LogP contribution in [0.5, 0.6) is 0 Å². The number of likely N-dealkylation sites (N-methyl/N-ethyl adjacent to an activating group) is 1. The Morgan fingerprint density at radius 1 is 1.02 bits per heavy atom. The third-order valence-corrected chi connectivity index (χ3v) is 12.4. The average Bonchev–Trinajstić information content (AvgIpc) is 3.44. The van der Waals surface area contributed by atoms with Gasteiger partial charge in [0, 0.05) is 58.6 Å². The van der Waals surface area contributed by atoms with Crippen LogP contribution in [0.3, 0.4) is 0 Å². The molecule has 0 aliphatic carbocycles. The number of aliphatic hydroxyl groups excluding tert-OH is 1. The number of amides is 2. The lowest BCUT2D eigenvalue weighted by Crippen LogP contribution is -2.60. The molecule has 5 rings (SSSR count). The van der Waals surface area contributed by atoms with Gasteiger partial charge in [-0.2, -0.15) is 0 Å². The number of aliphatic hydroxyl groups is 2. The summed E-state index contributed by atoms with van der Waals surface area (Å²) < 4.78 is 38.9. The number of benzene rings is 1. The molecule has 4 aliphatic heterocycles. The summed E-state index contributed by atoms with van der Waals surface area (Å²) in [5.41, 5.74) is -1.49. The maximum absolute atomic E-state index is 14.5. The lowest BCUT2D eigenvalue weighted by Gasteiger charge is -2.48. The van der Waals surface area contributed by atoms with E-state index in [0.29, 0.717) is 25.4 Å². The first-order valence-electron chi connectivity index (χ1n) is 20.9. The summed E-state index contributed by atoms with van der Waals surface area (Å²) >= 11 is 0. The number of carbonyl (C=O) groups excluding carboxylic acids is 2. The first-order chi connectivity index (χ1) is 26.7. The molecule has 1 aromatic carbocycles. The molecule has 57 heavy (non-hydrogen) atoms. The molecule has 4 saturated heterocycles. The fourth-order valence-electron chi connectivity index (χ4n) is 9.33. The fraction of sp³-hybridized carbons (Fsp3) is 0.791. The largest absolute Gasteiger partial charge is 0.454 e. The molecular formula is C43H70N4O10. The fourth-order valence-corrected chi connectivity index (χ4v) is 9.33. The van der Waals surface area contributed by atoms with E-state index in [1.54, 1.807) is 39.8 Å². The first-order valence-corrected chi connectivity index (χ1v) is 20.9. The highest BCUT2D eigenvalue weighted by molar-refractivity contribution is 5.81. The molecule has 1 unspecified atom stereocenters. The van der Waals surface area contributed by atoms with Crippen molar-refractivity contribution in [3.63, 3.8) is 0 Å². The van der Waals surface area contributed by atoms with Gasteiger partial charge in [-0.25, -0.2) is 4.99 Å². The predicted octanol–water partition coefficient (Wildman–Crippen LogP) is 3.90. The van der Waals surface area contributed by atoms with Crippen molar-refractivity contribution in [1.29, 1.82) is 0 Å². The quantitative estimate of drug-likeness (QED) is 0.350. The third-order valence-electron chi connectivity index (χ3n) is 12.4. The molecule has 1 aromatic rings. The number of ether oxygens (including phenoxy) is 6. The minimum atomic E-state index is -1.50. The van der Waals surface area contributed by atoms with Gasteiger partial charge in [0.2, 0.25) is 11.8 Å². The van der Waals surface area contributed by atoms with Crippen LogP contribution in [0.1, 0.15) is 93.6 Å². The molecule has 4 fully saturated rings. The topological polar surface area (TPSA) is 161 Å². The molecule has 14 nitrogen and oxygen atoms in total. The van der Waals surface area contributed by atoms with E-state index in [1.807, 2.05) is 83.8 Å². The molecule has 0 spiro atoms. The van der Waals surface area contributed by atoms with Crippen LogP contribution in [-0.2, 0) is 44.4 Å². The van der Waals surface area contributed by atoms with E-state index >= 15 is 0 Å². The Bertz CT molecular complexity index is 1530. The van der Waals surface area contributed by atoms with E-state index in [9.17, 15) is 19.8 Å². The van der Waals surface area contributed by atoms with Crippen molar-refractivity contribution in [3.8, 4) is 0 Å². The second-order valence-electron chi connectivity index (χ2n) is 18.1. The standard InChI is InChI=1S/C43H70N4O10/c1-24(2)44-41-47(11)32-18-26(4)53-40(36(32)56-41)57-38-27(5)35(55-34-22-43(9,52-12)37(49)29(7)54-34)28(6)39(50)45-31(19-30-16-14-13-15-17-30)20-33(48)46(10)23-25(3)21-42(38,8)51/h13-17,24-29,31-32,34-38,40,49,51H,18-23H2,1-12H3,(H,45,50)/b44-41+/t25-,26-,27+,28-,29+,31?,32+,34+,35+,36-,37+,38-,40+,42-,43-/m1/s1. The second kappa shape index (κ2) is 18.6. The monoisotopic (exact) mass is 803 g/mol. The van der Waals surface area contributed by atoms with Gasteiger partial charge >= 0.3 is 0 Å². The molecule has 4 aliphatic rings. The zero-order valence-electron chi connectivity index (χ0n) is 36.2. The van der Waals surface area contributed by atoms with Gasteiger partial charge in [0.05, 0.1) is 47.6 Å². The maximum Gasteiger partial charge on any atom is 0.288 e. The summed E-state index contributed by atoms with van der Waals surface area (Å²) in [5, 5.41) is 26.9. The highest BCUT2D eigenvalue weighted by Gasteiger charge is 2.54. The van der Waals surface area contributed by atoms with Gasteiger partial charge in [0.15, 0.2) is 18.7 Å². The molecule has 3 N–H and O–H groups in total. The Labute approximate surface area is 339 Å². The molecule has 0 aromatic heterocycles. The highest BCUT2D eigenvalue weighted by Crippen LogP contribution is 2.40. The van der Waals surface area contributed by atoms with Crippen molar-refractivity contribution in [3.05, 3.63) is 35.9 Å². The molecule has 322 valence electrons. The van der Waals surface area contributed by atoms with Crippen molar-refractivity contribution in [1.82, 2.24) is 15.1 Å². The molecule has 0 saturated carbocycles. The summed E-state index contributed by atoms with van der Waals surface area (Å²) in [6, 6.07) is 9.74. The van der Waals surface area contributed by atoms with Gasteiger partial charge in [-0.05, 0) is 72.3 Å². The summed E-state index contributed by atoms with van der Waals surface area (Å²) in [6.07, 6.45) is -4.16. The number of carbonyl (C=O) groups is 2. The normalized spacial score (nSPS) is 42.1. The third kappa shape index (κ3) is 10.7. The number of amidine groups is 1. The van der Waals surface area contributed by atoms with Gasteiger partial charge in [-0.1, -0.05) is 51.1 Å². The number of aliphatic imine (C=N–C) groups is 1. The van der Waals surface area contributed by atoms with Crippen LogP contribution in [0.25, 0.3) is 0 Å². The Hall–Kier alpha value is -2.85. The van der Waals surface area contributed by atoms with Crippen molar-refractivity contribution in [2.24, 2.45) is 22.7 Å². The van der Waals surface area contributed by atoms with E-state index in [4.69, 9.17) is 33.4 Å². The van der Waals surface area contributed by atoms with Crippen LogP contribution in [0.15, 0.2) is 35.3 Å². The van der Waals surface area contributed by atoms with E-state index in [1.165, 1.54) is 0 Å². The minimum absolute atomic E-state index is 0.00999. The summed E-state index contributed by atoms with van der Waals surface area (Å²) in [7, 11) is 5.28. The zero-order chi connectivity index (χ0) is 42.0. The second-order valence-corrected chi connectivity index (χ2v) is 18.1. The first kappa shape index (κ1) is 45.2. The lowest BCUT2D eigenvalue weighted by molar-refractivity contribution is -0.313. The molecule has 14 heteroatoms. The molecule has 0 bridgehead atoms. The van der Waals surface area contributed by atoms with Crippen LogP contribution in [0.4, 0.5) is 0 Å². The number of nitrogens with zero attached hydrogens (tertiary/aromatic N) is 3. The maximum atomic E-state index is 14.5. The van der Waals surface area contributed by atoms with Gasteiger partial charge in [0.25, 0.3) is 6.02 Å². The molecule has 4 heterocycles. The number of hydrogen-bond donors (Lipinski definition) is 3. The van der Waals surface area contributed by atoms with Gasteiger partial charge in [-0.3, -0.25) is 9.59 Å². The number of rotatable bonds is 8. The minimum Gasteiger partial charge on any atom is -0.454 e. The summed E-state index contributed by atoms with van der Waals surface area (Å²) in [4.78, 5) is 36.7. The molecule has 0 radical (unpaired) electrons. The van der Waals surface area contributed by atoms with Gasteiger partial charge in [0.1, 0.15) is 6.10 Å². The SMILES string of the molecule is CO[C@]1(C)C[C@H](O[C@H]2[C@H](C)[C@@H](O[C@@H]3O[C@H](C)C[C@H]4[C@H]3O/C(=N/C(C)C)N4C)[C@](C)(O)C[C@@H](C)CN(C)C(=O)CC(Cc3ccccc3)NC(=O)[C@@H]2C)O[C@@H](C)[C@@H]1O. The van der Waals surface area contributed by atoms with E-state index in [2.05, 4.69) is 5.32 Å². The van der Waals surface area contributed by atoms with E-state index < -0.39 is 72.2 Å². The van der Waals surface area contributed by atoms with E-state index in [0.717, 1.165) is 5.56 Å².